The summed E-state index contributed by atoms with van der Waals surface area (Å²) < 4.78 is 5.45. The minimum Gasteiger partial charge on any atom is -0.378 e. The van der Waals surface area contributed by atoms with Gasteiger partial charge in [0.05, 0.1) is 11.0 Å². The Bertz CT molecular complexity index is 324. The molecule has 0 saturated carbocycles. The minimum absolute atomic E-state index is 0.170. The maximum Gasteiger partial charge on any atom is 0.175 e. The van der Waals surface area contributed by atoms with Gasteiger partial charge >= 0.3 is 0 Å². The van der Waals surface area contributed by atoms with E-state index in [0.717, 1.165) is 29.9 Å². The van der Waals surface area contributed by atoms with Crippen molar-refractivity contribution in [2.45, 2.75) is 32.3 Å². The Labute approximate surface area is 87.9 Å². The van der Waals surface area contributed by atoms with E-state index in [-0.39, 0.29) is 11.9 Å². The zero-order chi connectivity index (χ0) is 9.97. The standard InChI is InChI=1S/C11H14O2S/c1-8-4-6-14-11(8)10(12)7-9-3-2-5-13-9/h4,6,9H,2-3,5,7H2,1H3. The van der Waals surface area contributed by atoms with Crippen molar-refractivity contribution in [1.29, 1.82) is 0 Å². The Morgan fingerprint density at radius 1 is 1.71 bits per heavy atom. The fourth-order valence-electron chi connectivity index (χ4n) is 1.76. The molecule has 1 atom stereocenters. The second-order valence-corrected chi connectivity index (χ2v) is 4.61. The van der Waals surface area contributed by atoms with Crippen molar-refractivity contribution in [1.82, 2.24) is 0 Å². The molecule has 0 radical (unpaired) electrons. The molecule has 0 aliphatic carbocycles. The number of carbonyl (C=O) groups is 1. The molecule has 2 heterocycles. The van der Waals surface area contributed by atoms with E-state index in [1.54, 1.807) is 0 Å². The van der Waals surface area contributed by atoms with Crippen LogP contribution in [0.5, 0.6) is 0 Å². The number of rotatable bonds is 3. The number of thiophene rings is 1. The number of ketones is 1. The molecule has 1 fully saturated rings. The molecule has 1 aliphatic heterocycles. The second-order valence-electron chi connectivity index (χ2n) is 3.70. The fraction of sp³-hybridized carbons (Fsp3) is 0.545. The summed E-state index contributed by atoms with van der Waals surface area (Å²) in [6.45, 7) is 2.81. The number of aryl methyl sites for hydroxylation is 1. The van der Waals surface area contributed by atoms with Gasteiger partial charge in [0.2, 0.25) is 0 Å². The molecule has 0 bridgehead atoms. The van der Waals surface area contributed by atoms with E-state index in [4.69, 9.17) is 4.74 Å². The van der Waals surface area contributed by atoms with Gasteiger partial charge in [-0.05, 0) is 36.8 Å². The molecule has 1 saturated heterocycles. The first kappa shape index (κ1) is 9.87. The van der Waals surface area contributed by atoms with Crippen LogP contribution in [-0.4, -0.2) is 18.5 Å². The Balaban J connectivity index is 1.98. The van der Waals surface area contributed by atoms with Crippen LogP contribution in [0.15, 0.2) is 11.4 Å². The van der Waals surface area contributed by atoms with Crippen LogP contribution < -0.4 is 0 Å². The molecule has 0 N–H and O–H groups in total. The highest BCUT2D eigenvalue weighted by Gasteiger charge is 2.21. The lowest BCUT2D eigenvalue weighted by Crippen LogP contribution is -2.12. The fourth-order valence-corrected chi connectivity index (χ4v) is 2.64. The molecule has 0 spiro atoms. The summed E-state index contributed by atoms with van der Waals surface area (Å²) in [5, 5.41) is 1.97. The van der Waals surface area contributed by atoms with Crippen LogP contribution >= 0.6 is 11.3 Å². The summed E-state index contributed by atoms with van der Waals surface area (Å²) in [5.74, 6) is 0.240. The van der Waals surface area contributed by atoms with Crippen molar-refractivity contribution >= 4 is 17.1 Å². The van der Waals surface area contributed by atoms with E-state index in [1.165, 1.54) is 11.3 Å². The van der Waals surface area contributed by atoms with Gasteiger partial charge in [-0.3, -0.25) is 4.79 Å². The van der Waals surface area contributed by atoms with Crippen molar-refractivity contribution in [2.24, 2.45) is 0 Å². The highest BCUT2D eigenvalue weighted by Crippen LogP contribution is 2.22. The topological polar surface area (TPSA) is 26.3 Å². The molecular formula is C11H14O2S. The number of Topliss-reactive ketones (excluding diaryl/α,β-unsaturated/α-hetero) is 1. The Hall–Kier alpha value is -0.670. The van der Waals surface area contributed by atoms with Crippen molar-refractivity contribution in [3.8, 4) is 0 Å². The van der Waals surface area contributed by atoms with Crippen molar-refractivity contribution in [3.63, 3.8) is 0 Å². The quantitative estimate of drug-likeness (QED) is 0.717. The minimum atomic E-state index is 0.170. The average Bonchev–Trinajstić information content (AvgIpc) is 2.75. The lowest BCUT2D eigenvalue weighted by Gasteiger charge is -2.07. The second kappa shape index (κ2) is 4.24. The summed E-state index contributed by atoms with van der Waals surface area (Å²) in [6.07, 6.45) is 2.86. The number of hydrogen-bond donors (Lipinski definition) is 0. The lowest BCUT2D eigenvalue weighted by molar-refractivity contribution is 0.0778. The van der Waals surface area contributed by atoms with Gasteiger partial charge in [-0.2, -0.15) is 0 Å². The van der Waals surface area contributed by atoms with E-state index >= 15 is 0 Å². The van der Waals surface area contributed by atoms with Crippen LogP contribution in [0.2, 0.25) is 0 Å². The zero-order valence-corrected chi connectivity index (χ0v) is 9.10. The van der Waals surface area contributed by atoms with Crippen LogP contribution in [-0.2, 0) is 4.74 Å². The summed E-state index contributed by atoms with van der Waals surface area (Å²) >= 11 is 1.54. The molecular weight excluding hydrogens is 196 g/mol. The van der Waals surface area contributed by atoms with Crippen molar-refractivity contribution in [3.05, 3.63) is 21.9 Å². The highest BCUT2D eigenvalue weighted by molar-refractivity contribution is 7.12. The molecule has 3 heteroatoms. The predicted octanol–water partition coefficient (Wildman–Crippen LogP) is 2.81. The average molecular weight is 210 g/mol. The summed E-state index contributed by atoms with van der Waals surface area (Å²) in [4.78, 5) is 12.7. The maximum atomic E-state index is 11.8. The zero-order valence-electron chi connectivity index (χ0n) is 8.29. The van der Waals surface area contributed by atoms with E-state index in [0.29, 0.717) is 6.42 Å². The predicted molar refractivity (Wildman–Crippen MR) is 57.0 cm³/mol. The van der Waals surface area contributed by atoms with Crippen molar-refractivity contribution < 1.29 is 9.53 Å². The van der Waals surface area contributed by atoms with Gasteiger partial charge < -0.3 is 4.74 Å². The van der Waals surface area contributed by atoms with Crippen molar-refractivity contribution in [2.75, 3.05) is 6.61 Å². The first-order chi connectivity index (χ1) is 6.77. The number of carbonyl (C=O) groups excluding carboxylic acids is 1. The van der Waals surface area contributed by atoms with Gasteiger partial charge in [0.25, 0.3) is 0 Å². The normalized spacial score (nSPS) is 21.4. The first-order valence-corrected chi connectivity index (χ1v) is 5.84. The molecule has 0 aromatic carbocycles. The Morgan fingerprint density at radius 2 is 2.57 bits per heavy atom. The van der Waals surface area contributed by atoms with Gasteiger partial charge in [-0.1, -0.05) is 0 Å². The molecule has 1 unspecified atom stereocenters. The third-order valence-corrected chi connectivity index (χ3v) is 3.61. The Morgan fingerprint density at radius 3 is 3.14 bits per heavy atom. The molecule has 76 valence electrons. The lowest BCUT2D eigenvalue weighted by atomic mass is 10.1. The number of hydrogen-bond acceptors (Lipinski definition) is 3. The summed E-state index contributed by atoms with van der Waals surface area (Å²) in [7, 11) is 0. The van der Waals surface area contributed by atoms with Crippen LogP contribution in [0.4, 0.5) is 0 Å². The summed E-state index contributed by atoms with van der Waals surface area (Å²) in [5.41, 5.74) is 1.10. The highest BCUT2D eigenvalue weighted by atomic mass is 32.1. The molecule has 1 aromatic heterocycles. The van der Waals surface area contributed by atoms with E-state index in [2.05, 4.69) is 0 Å². The monoisotopic (exact) mass is 210 g/mol. The van der Waals surface area contributed by atoms with E-state index < -0.39 is 0 Å². The van der Waals surface area contributed by atoms with Crippen LogP contribution in [0.25, 0.3) is 0 Å². The third kappa shape index (κ3) is 2.04. The van der Waals surface area contributed by atoms with Gasteiger partial charge in [0, 0.05) is 13.0 Å². The molecule has 2 nitrogen and oxygen atoms in total. The first-order valence-electron chi connectivity index (χ1n) is 4.96. The van der Waals surface area contributed by atoms with E-state index in [9.17, 15) is 4.79 Å². The van der Waals surface area contributed by atoms with Gasteiger partial charge in [0.15, 0.2) is 5.78 Å². The maximum absolute atomic E-state index is 11.8. The third-order valence-electron chi connectivity index (χ3n) is 2.55. The van der Waals surface area contributed by atoms with Gasteiger partial charge in [0.1, 0.15) is 0 Å². The van der Waals surface area contributed by atoms with Gasteiger partial charge in [-0.25, -0.2) is 0 Å². The molecule has 1 aromatic rings. The number of ether oxygens (including phenoxy) is 1. The van der Waals surface area contributed by atoms with Crippen LogP contribution in [0, 0.1) is 6.92 Å². The van der Waals surface area contributed by atoms with Gasteiger partial charge in [-0.15, -0.1) is 11.3 Å². The molecule has 1 aliphatic rings. The Kier molecular flexibility index (Phi) is 2.99. The van der Waals surface area contributed by atoms with Crippen LogP contribution in [0.3, 0.4) is 0 Å². The largest absolute Gasteiger partial charge is 0.378 e. The molecule has 0 amide bonds. The molecule has 14 heavy (non-hydrogen) atoms. The summed E-state index contributed by atoms with van der Waals surface area (Å²) in [6, 6.07) is 1.99. The smallest absolute Gasteiger partial charge is 0.175 e. The SMILES string of the molecule is Cc1ccsc1C(=O)CC1CCCO1. The molecule has 2 rings (SSSR count). The van der Waals surface area contributed by atoms with E-state index in [1.807, 2.05) is 18.4 Å². The van der Waals surface area contributed by atoms with Crippen LogP contribution in [0.1, 0.15) is 34.5 Å².